The number of nitrogens with one attached hydrogen (secondary N) is 1. The number of hydrogen-bond donors (Lipinski definition) is 1. The van der Waals surface area contributed by atoms with E-state index in [-0.39, 0.29) is 29.6 Å². The number of amides is 2. The van der Waals surface area contributed by atoms with E-state index in [0.717, 1.165) is 50.9 Å². The topological polar surface area (TPSA) is 54.0 Å². The van der Waals surface area contributed by atoms with Gasteiger partial charge in [0.25, 0.3) is 0 Å². The quantitative estimate of drug-likeness (QED) is 0.594. The minimum absolute atomic E-state index is 0.0130. The number of nitrogens with zero attached hydrogens (tertiary/aromatic N) is 2. The summed E-state index contributed by atoms with van der Waals surface area (Å²) in [6.07, 6.45) is 3.80. The van der Waals surface area contributed by atoms with Crippen molar-refractivity contribution in [3.8, 4) is 11.5 Å². The lowest BCUT2D eigenvalue weighted by atomic mass is 10.0. The minimum Gasteiger partial charge on any atom is -0.493 e. The van der Waals surface area contributed by atoms with Crippen molar-refractivity contribution in [1.82, 2.24) is 15.1 Å². The van der Waals surface area contributed by atoms with Crippen LogP contribution in [0.4, 0.5) is 13.6 Å². The molecular weight excluding hydrogens is 428 g/mol. The van der Waals surface area contributed by atoms with Crippen molar-refractivity contribution in [3.63, 3.8) is 0 Å². The van der Waals surface area contributed by atoms with Crippen LogP contribution in [0.5, 0.6) is 11.5 Å². The van der Waals surface area contributed by atoms with Gasteiger partial charge in [-0.05, 0) is 48.9 Å². The number of ether oxygens (including phenoxy) is 2. The molecule has 0 unspecified atom stereocenters. The van der Waals surface area contributed by atoms with Crippen LogP contribution in [0.15, 0.2) is 48.5 Å². The van der Waals surface area contributed by atoms with E-state index < -0.39 is 6.61 Å². The standard InChI is InChI=1S/C25H31F2N3O3/c1-32-23-15-19(7-10-22(23)33-24(26)27)17-30(21-8-9-21)25(31)28-20-11-13-29(14-12-20)16-18-5-3-2-4-6-18/h2-7,10,15,20-21,24H,8-9,11-14,16-17H2,1H3,(H,28,31). The van der Waals surface area contributed by atoms with Gasteiger partial charge in [-0.25, -0.2) is 4.79 Å². The van der Waals surface area contributed by atoms with E-state index in [9.17, 15) is 13.6 Å². The summed E-state index contributed by atoms with van der Waals surface area (Å²) in [4.78, 5) is 17.4. The fourth-order valence-corrected chi connectivity index (χ4v) is 4.29. The molecule has 1 N–H and O–H groups in total. The number of piperidine rings is 1. The number of rotatable bonds is 9. The minimum atomic E-state index is -2.92. The van der Waals surface area contributed by atoms with Gasteiger partial charge in [0.2, 0.25) is 0 Å². The molecule has 0 aromatic heterocycles. The van der Waals surface area contributed by atoms with E-state index in [1.54, 1.807) is 12.1 Å². The highest BCUT2D eigenvalue weighted by atomic mass is 19.3. The molecule has 2 aliphatic rings. The zero-order valence-corrected chi connectivity index (χ0v) is 18.9. The number of urea groups is 1. The third kappa shape index (κ3) is 6.57. The van der Waals surface area contributed by atoms with Crippen LogP contribution in [0.1, 0.15) is 36.8 Å². The fraction of sp³-hybridized carbons (Fsp3) is 0.480. The molecule has 2 amide bonds. The number of carbonyl (C=O) groups is 1. The second kappa shape index (κ2) is 10.8. The van der Waals surface area contributed by atoms with Gasteiger partial charge in [-0.2, -0.15) is 8.78 Å². The largest absolute Gasteiger partial charge is 0.493 e. The number of likely N-dealkylation sites (tertiary alicyclic amines) is 1. The van der Waals surface area contributed by atoms with Gasteiger partial charge >= 0.3 is 12.6 Å². The summed E-state index contributed by atoms with van der Waals surface area (Å²) in [6, 6.07) is 15.6. The monoisotopic (exact) mass is 459 g/mol. The molecule has 6 nitrogen and oxygen atoms in total. The van der Waals surface area contributed by atoms with Crippen molar-refractivity contribution < 1.29 is 23.0 Å². The molecule has 0 spiro atoms. The highest BCUT2D eigenvalue weighted by molar-refractivity contribution is 5.75. The van der Waals surface area contributed by atoms with Gasteiger partial charge in [-0.3, -0.25) is 4.90 Å². The lowest BCUT2D eigenvalue weighted by molar-refractivity contribution is -0.0512. The maximum absolute atomic E-state index is 13.1. The molecule has 0 bridgehead atoms. The SMILES string of the molecule is COc1cc(CN(C(=O)NC2CCN(Cc3ccccc3)CC2)C2CC2)ccc1OC(F)F. The highest BCUT2D eigenvalue weighted by Crippen LogP contribution is 2.33. The zero-order chi connectivity index (χ0) is 23.2. The fourth-order valence-electron chi connectivity index (χ4n) is 4.29. The maximum atomic E-state index is 13.1. The normalized spacial score (nSPS) is 17.1. The van der Waals surface area contributed by atoms with Gasteiger partial charge < -0.3 is 19.7 Å². The Labute approximate surface area is 193 Å². The van der Waals surface area contributed by atoms with E-state index >= 15 is 0 Å². The van der Waals surface area contributed by atoms with Crippen LogP contribution < -0.4 is 14.8 Å². The number of benzene rings is 2. The molecule has 1 heterocycles. The summed E-state index contributed by atoms with van der Waals surface area (Å²) in [5.41, 5.74) is 2.12. The number of alkyl halides is 2. The van der Waals surface area contributed by atoms with Crippen molar-refractivity contribution in [2.24, 2.45) is 0 Å². The second-order valence-corrected chi connectivity index (χ2v) is 8.71. The van der Waals surface area contributed by atoms with Crippen molar-refractivity contribution in [2.75, 3.05) is 20.2 Å². The lowest BCUT2D eigenvalue weighted by Crippen LogP contribution is -2.49. The molecule has 0 radical (unpaired) electrons. The van der Waals surface area contributed by atoms with Gasteiger partial charge in [0.15, 0.2) is 11.5 Å². The molecule has 1 aliphatic carbocycles. The van der Waals surface area contributed by atoms with Gasteiger partial charge in [0.05, 0.1) is 7.11 Å². The summed E-state index contributed by atoms with van der Waals surface area (Å²) in [6.45, 7) is 0.313. The Morgan fingerprint density at radius 2 is 1.79 bits per heavy atom. The molecule has 1 saturated carbocycles. The van der Waals surface area contributed by atoms with Crippen LogP contribution >= 0.6 is 0 Å². The smallest absolute Gasteiger partial charge is 0.387 e. The Morgan fingerprint density at radius 3 is 2.42 bits per heavy atom. The Bertz CT molecular complexity index is 916. The summed E-state index contributed by atoms with van der Waals surface area (Å²) in [5, 5.41) is 3.22. The van der Waals surface area contributed by atoms with Crippen molar-refractivity contribution in [3.05, 3.63) is 59.7 Å². The van der Waals surface area contributed by atoms with Crippen molar-refractivity contribution in [1.29, 1.82) is 0 Å². The Kier molecular flexibility index (Phi) is 7.65. The van der Waals surface area contributed by atoms with E-state index in [2.05, 4.69) is 39.2 Å². The zero-order valence-electron chi connectivity index (χ0n) is 18.9. The molecular formula is C25H31F2N3O3. The number of methoxy groups -OCH3 is 1. The van der Waals surface area contributed by atoms with E-state index in [0.29, 0.717) is 6.54 Å². The summed E-state index contributed by atoms with van der Waals surface area (Å²) in [5.74, 6) is 0.218. The molecule has 1 aliphatic heterocycles. The summed E-state index contributed by atoms with van der Waals surface area (Å²) >= 11 is 0. The average molecular weight is 460 g/mol. The predicted octanol–water partition coefficient (Wildman–Crippen LogP) is 4.64. The molecule has 1 saturated heterocycles. The van der Waals surface area contributed by atoms with E-state index in [1.165, 1.54) is 18.7 Å². The third-order valence-corrected chi connectivity index (χ3v) is 6.21. The maximum Gasteiger partial charge on any atom is 0.387 e. The first-order valence-electron chi connectivity index (χ1n) is 11.5. The van der Waals surface area contributed by atoms with Crippen LogP contribution in [0.2, 0.25) is 0 Å². The molecule has 4 rings (SSSR count). The van der Waals surface area contributed by atoms with E-state index in [1.807, 2.05) is 11.0 Å². The second-order valence-electron chi connectivity index (χ2n) is 8.71. The average Bonchev–Trinajstić information content (AvgIpc) is 3.65. The van der Waals surface area contributed by atoms with Crippen LogP contribution in [0, 0.1) is 0 Å². The Hall–Kier alpha value is -2.87. The van der Waals surface area contributed by atoms with Gasteiger partial charge in [0.1, 0.15) is 0 Å². The molecule has 0 atom stereocenters. The molecule has 33 heavy (non-hydrogen) atoms. The van der Waals surface area contributed by atoms with Crippen LogP contribution in [0.3, 0.4) is 0 Å². The van der Waals surface area contributed by atoms with E-state index in [4.69, 9.17) is 4.74 Å². The summed E-state index contributed by atoms with van der Waals surface area (Å²) in [7, 11) is 1.41. The predicted molar refractivity (Wildman–Crippen MR) is 121 cm³/mol. The molecule has 178 valence electrons. The highest BCUT2D eigenvalue weighted by Gasteiger charge is 2.34. The molecule has 2 fully saturated rings. The number of halogens is 2. The summed E-state index contributed by atoms with van der Waals surface area (Å²) < 4.78 is 34.9. The van der Waals surface area contributed by atoms with Gasteiger partial charge in [-0.1, -0.05) is 36.4 Å². The number of carbonyl (C=O) groups excluding carboxylic acids is 1. The van der Waals surface area contributed by atoms with Crippen LogP contribution in [-0.2, 0) is 13.1 Å². The Balaban J connectivity index is 1.31. The lowest BCUT2D eigenvalue weighted by Gasteiger charge is -2.34. The van der Waals surface area contributed by atoms with Crippen LogP contribution in [-0.4, -0.2) is 54.7 Å². The third-order valence-electron chi connectivity index (χ3n) is 6.21. The van der Waals surface area contributed by atoms with Crippen molar-refractivity contribution >= 4 is 6.03 Å². The van der Waals surface area contributed by atoms with Gasteiger partial charge in [-0.15, -0.1) is 0 Å². The first-order valence-corrected chi connectivity index (χ1v) is 11.5. The Morgan fingerprint density at radius 1 is 1.06 bits per heavy atom. The number of hydrogen-bond acceptors (Lipinski definition) is 4. The molecule has 2 aromatic carbocycles. The molecule has 8 heteroatoms. The van der Waals surface area contributed by atoms with Gasteiger partial charge in [0, 0.05) is 38.3 Å². The molecule has 2 aromatic rings. The first-order chi connectivity index (χ1) is 16.0. The van der Waals surface area contributed by atoms with Crippen molar-refractivity contribution in [2.45, 2.75) is 57.5 Å². The first kappa shape index (κ1) is 23.3. The van der Waals surface area contributed by atoms with Crippen LogP contribution in [0.25, 0.3) is 0 Å².